The van der Waals surface area contributed by atoms with Crippen LogP contribution >= 0.6 is 0 Å². The largest absolute Gasteiger partial charge is 0.432 e. The standard InChI is InChI=1S/C16H18N4O6/c1-8-3-4-16(25-9(2)18-26-16)13-7-19(8)15(23)11-5-12(21)10(6-20(11)13)14(22)17-24/h5-6,8,13,24H,3-4,7H2,1-2H3,(H,17,22). The van der Waals surface area contributed by atoms with Crippen LogP contribution in [-0.2, 0) is 9.57 Å². The summed E-state index contributed by atoms with van der Waals surface area (Å²) in [4.78, 5) is 44.2. The number of hydrogen-bond donors (Lipinski definition) is 2. The molecule has 2 N–H and O–H groups in total. The number of hydroxylamine groups is 1. The van der Waals surface area contributed by atoms with Gasteiger partial charge < -0.3 is 19.0 Å². The van der Waals surface area contributed by atoms with Crippen LogP contribution in [0.4, 0.5) is 0 Å². The van der Waals surface area contributed by atoms with Gasteiger partial charge in [0.2, 0.25) is 5.90 Å². The molecule has 10 heteroatoms. The average Bonchev–Trinajstić information content (AvgIpc) is 2.95. The zero-order chi connectivity index (χ0) is 18.6. The fraction of sp³-hybridized carbons (Fsp3) is 0.500. The number of fused-ring (bicyclic) bond motifs is 5. The second-order valence-electron chi connectivity index (χ2n) is 6.76. The van der Waals surface area contributed by atoms with E-state index in [1.54, 1.807) is 11.8 Å². The van der Waals surface area contributed by atoms with Crippen LogP contribution in [0.2, 0.25) is 0 Å². The smallest absolute Gasteiger partial charge is 0.299 e. The van der Waals surface area contributed by atoms with E-state index in [9.17, 15) is 14.4 Å². The molecule has 3 aliphatic rings. The van der Waals surface area contributed by atoms with Crippen LogP contribution in [0.15, 0.2) is 22.2 Å². The Hall–Kier alpha value is -2.88. The lowest BCUT2D eigenvalue weighted by Gasteiger charge is -2.40. The van der Waals surface area contributed by atoms with Gasteiger partial charge >= 0.3 is 0 Å². The lowest BCUT2D eigenvalue weighted by Crippen LogP contribution is -2.52. The Morgan fingerprint density at radius 2 is 2.23 bits per heavy atom. The molecule has 26 heavy (non-hydrogen) atoms. The van der Waals surface area contributed by atoms with Crippen LogP contribution in [-0.4, -0.2) is 50.8 Å². The number of aromatic nitrogens is 1. The van der Waals surface area contributed by atoms with Gasteiger partial charge in [-0.3, -0.25) is 19.6 Å². The molecular weight excluding hydrogens is 344 g/mol. The number of carbonyl (C=O) groups is 2. The number of oxime groups is 1. The summed E-state index contributed by atoms with van der Waals surface area (Å²) in [5.74, 6) is -1.99. The fourth-order valence-electron chi connectivity index (χ4n) is 3.83. The minimum atomic E-state index is -1.12. The van der Waals surface area contributed by atoms with Gasteiger partial charge in [0.05, 0.1) is 0 Å². The molecule has 2 amide bonds. The summed E-state index contributed by atoms with van der Waals surface area (Å²) in [7, 11) is 0. The highest BCUT2D eigenvalue weighted by molar-refractivity contribution is 5.96. The van der Waals surface area contributed by atoms with E-state index in [1.165, 1.54) is 16.2 Å². The van der Waals surface area contributed by atoms with E-state index < -0.39 is 23.2 Å². The highest BCUT2D eigenvalue weighted by Crippen LogP contribution is 2.43. The molecule has 1 saturated heterocycles. The first kappa shape index (κ1) is 16.6. The lowest BCUT2D eigenvalue weighted by atomic mass is 9.99. The molecule has 3 aliphatic heterocycles. The van der Waals surface area contributed by atoms with Crippen molar-refractivity contribution in [3.8, 4) is 0 Å². The second-order valence-corrected chi connectivity index (χ2v) is 6.76. The summed E-state index contributed by atoms with van der Waals surface area (Å²) >= 11 is 0. The molecule has 2 bridgehead atoms. The minimum Gasteiger partial charge on any atom is -0.432 e. The van der Waals surface area contributed by atoms with Crippen molar-refractivity contribution >= 4 is 17.7 Å². The van der Waals surface area contributed by atoms with Crippen molar-refractivity contribution in [1.29, 1.82) is 0 Å². The first-order chi connectivity index (χ1) is 12.4. The Bertz CT molecular complexity index is 893. The Balaban J connectivity index is 1.91. The molecule has 1 aromatic heterocycles. The van der Waals surface area contributed by atoms with Crippen molar-refractivity contribution in [2.75, 3.05) is 6.54 Å². The van der Waals surface area contributed by atoms with Crippen LogP contribution < -0.4 is 10.9 Å². The van der Waals surface area contributed by atoms with Crippen LogP contribution in [0.1, 0.15) is 53.6 Å². The first-order valence-electron chi connectivity index (χ1n) is 8.29. The van der Waals surface area contributed by atoms with E-state index in [2.05, 4.69) is 5.16 Å². The molecule has 10 nitrogen and oxygen atoms in total. The molecule has 1 spiro atoms. The zero-order valence-corrected chi connectivity index (χ0v) is 14.3. The van der Waals surface area contributed by atoms with Crippen LogP contribution in [0, 0.1) is 0 Å². The number of carbonyl (C=O) groups excluding carboxylic acids is 2. The second kappa shape index (κ2) is 5.56. The predicted molar refractivity (Wildman–Crippen MR) is 86.7 cm³/mol. The van der Waals surface area contributed by atoms with Crippen molar-refractivity contribution in [2.45, 2.75) is 44.6 Å². The molecule has 0 aliphatic carbocycles. The third kappa shape index (κ3) is 2.22. The van der Waals surface area contributed by atoms with Crippen molar-refractivity contribution in [3.05, 3.63) is 33.7 Å². The van der Waals surface area contributed by atoms with Crippen molar-refractivity contribution in [3.63, 3.8) is 0 Å². The van der Waals surface area contributed by atoms with E-state index in [1.807, 2.05) is 6.92 Å². The van der Waals surface area contributed by atoms with E-state index in [4.69, 9.17) is 14.8 Å². The molecule has 138 valence electrons. The van der Waals surface area contributed by atoms with Gasteiger partial charge in [-0.25, -0.2) is 5.48 Å². The maximum absolute atomic E-state index is 12.9. The molecule has 3 unspecified atom stereocenters. The van der Waals surface area contributed by atoms with Gasteiger partial charge in [0.25, 0.3) is 17.6 Å². The van der Waals surface area contributed by atoms with Gasteiger partial charge in [0.1, 0.15) is 17.3 Å². The third-order valence-electron chi connectivity index (χ3n) is 5.21. The summed E-state index contributed by atoms with van der Waals surface area (Å²) in [6.45, 7) is 3.89. The van der Waals surface area contributed by atoms with Crippen LogP contribution in [0.25, 0.3) is 0 Å². The summed E-state index contributed by atoms with van der Waals surface area (Å²) < 4.78 is 7.42. The highest BCUT2D eigenvalue weighted by Gasteiger charge is 2.55. The summed E-state index contributed by atoms with van der Waals surface area (Å²) in [5, 5.41) is 12.8. The number of nitrogens with zero attached hydrogens (tertiary/aromatic N) is 3. The van der Waals surface area contributed by atoms with Gasteiger partial charge in [-0.05, 0) is 18.5 Å². The molecule has 0 radical (unpaired) electrons. The van der Waals surface area contributed by atoms with Gasteiger partial charge in [-0.15, -0.1) is 0 Å². The molecule has 1 aromatic rings. The first-order valence-corrected chi connectivity index (χ1v) is 8.29. The molecule has 4 heterocycles. The van der Waals surface area contributed by atoms with Crippen LogP contribution in [0.3, 0.4) is 0 Å². The summed E-state index contributed by atoms with van der Waals surface area (Å²) in [6.07, 6.45) is 2.38. The molecule has 3 atom stereocenters. The number of ether oxygens (including phenoxy) is 1. The highest BCUT2D eigenvalue weighted by atomic mass is 16.8. The molecule has 0 aromatic carbocycles. The van der Waals surface area contributed by atoms with E-state index in [-0.39, 0.29) is 23.2 Å². The number of pyridine rings is 1. The van der Waals surface area contributed by atoms with E-state index in [0.717, 1.165) is 6.07 Å². The van der Waals surface area contributed by atoms with Gasteiger partial charge in [0, 0.05) is 38.2 Å². The van der Waals surface area contributed by atoms with Crippen molar-refractivity contribution < 1.29 is 24.4 Å². The predicted octanol–water partition coefficient (Wildman–Crippen LogP) is 0.223. The van der Waals surface area contributed by atoms with E-state index >= 15 is 0 Å². The number of amides is 2. The van der Waals surface area contributed by atoms with Crippen LogP contribution in [0.5, 0.6) is 0 Å². The quantitative estimate of drug-likeness (QED) is 0.544. The van der Waals surface area contributed by atoms with Gasteiger partial charge in [-0.2, -0.15) is 0 Å². The Morgan fingerprint density at radius 1 is 1.46 bits per heavy atom. The fourth-order valence-corrected chi connectivity index (χ4v) is 3.83. The molecule has 0 saturated carbocycles. The zero-order valence-electron chi connectivity index (χ0n) is 14.3. The average molecular weight is 362 g/mol. The maximum Gasteiger partial charge on any atom is 0.299 e. The number of rotatable bonds is 1. The Labute approximate surface area is 147 Å². The van der Waals surface area contributed by atoms with Crippen molar-refractivity contribution in [1.82, 2.24) is 14.9 Å². The third-order valence-corrected chi connectivity index (χ3v) is 5.21. The normalized spacial score (nSPS) is 29.4. The monoisotopic (exact) mass is 362 g/mol. The topological polar surface area (TPSA) is 122 Å². The number of nitrogens with one attached hydrogen (secondary N) is 1. The maximum atomic E-state index is 12.9. The Morgan fingerprint density at radius 3 is 2.88 bits per heavy atom. The lowest BCUT2D eigenvalue weighted by molar-refractivity contribution is -0.194. The number of hydrogen-bond acceptors (Lipinski definition) is 7. The van der Waals surface area contributed by atoms with E-state index in [0.29, 0.717) is 25.3 Å². The van der Waals surface area contributed by atoms with Gasteiger partial charge in [-0.1, -0.05) is 0 Å². The van der Waals surface area contributed by atoms with Gasteiger partial charge in [0.15, 0.2) is 5.43 Å². The summed E-state index contributed by atoms with van der Waals surface area (Å²) in [6, 6.07) is 0.537. The molecular formula is C16H18N4O6. The summed E-state index contributed by atoms with van der Waals surface area (Å²) in [5.41, 5.74) is 0.663. The minimum absolute atomic E-state index is 0.0678. The SMILES string of the molecule is CC1=NOC2(CCC(C)N3CC2n2cc(C(=O)NO)c(=O)cc2C3=O)O1. The molecule has 1 fully saturated rings. The Kier molecular flexibility index (Phi) is 3.55. The molecule has 4 rings (SSSR count). The van der Waals surface area contributed by atoms with Crippen molar-refractivity contribution in [2.24, 2.45) is 5.16 Å².